The molecule has 1 rings (SSSR count). The summed E-state index contributed by atoms with van der Waals surface area (Å²) < 4.78 is 9.90. The summed E-state index contributed by atoms with van der Waals surface area (Å²) in [6.45, 7) is 2.57. The molecule has 162 valence electrons. The van der Waals surface area contributed by atoms with Crippen molar-refractivity contribution in [2.24, 2.45) is 0 Å². The zero-order valence-corrected chi connectivity index (χ0v) is 16.7. The van der Waals surface area contributed by atoms with Crippen LogP contribution in [0.15, 0.2) is 24.3 Å². The van der Waals surface area contributed by atoms with E-state index in [2.05, 4.69) is 10.6 Å². The Morgan fingerprint density at radius 1 is 0.667 bits per heavy atom. The lowest BCUT2D eigenvalue weighted by Crippen LogP contribution is -2.43. The largest absolute Gasteiger partial charge is 0.449 e. The number of amides is 6. The van der Waals surface area contributed by atoms with E-state index in [0.29, 0.717) is 0 Å². The van der Waals surface area contributed by atoms with Gasteiger partial charge >= 0.3 is 24.0 Å². The van der Waals surface area contributed by atoms with Crippen LogP contribution in [0.2, 0.25) is 0 Å². The molecule has 6 amide bonds. The highest BCUT2D eigenvalue weighted by atomic mass is 16.6. The van der Waals surface area contributed by atoms with Crippen molar-refractivity contribution in [3.8, 4) is 0 Å². The van der Waals surface area contributed by atoms with Crippen LogP contribution in [0, 0.1) is 0 Å². The Labute approximate surface area is 171 Å². The van der Waals surface area contributed by atoms with Crippen molar-refractivity contribution in [1.82, 2.24) is 21.3 Å². The maximum atomic E-state index is 12.1. The van der Waals surface area contributed by atoms with Gasteiger partial charge in [0.15, 0.2) is 12.2 Å². The van der Waals surface area contributed by atoms with Gasteiger partial charge in [-0.2, -0.15) is 0 Å². The van der Waals surface area contributed by atoms with E-state index in [1.165, 1.54) is 52.2 Å². The number of carbonyl (C=O) groups is 6. The summed E-state index contributed by atoms with van der Waals surface area (Å²) in [5.74, 6) is -3.33. The first kappa shape index (κ1) is 24.1. The van der Waals surface area contributed by atoms with E-state index in [1.807, 2.05) is 10.6 Å². The van der Waals surface area contributed by atoms with Crippen LogP contribution in [0.4, 0.5) is 9.59 Å². The minimum atomic E-state index is -1.24. The van der Waals surface area contributed by atoms with Gasteiger partial charge in [0.2, 0.25) is 0 Å². The number of hydrogen-bond donors (Lipinski definition) is 4. The van der Waals surface area contributed by atoms with Crippen molar-refractivity contribution >= 4 is 35.8 Å². The predicted molar refractivity (Wildman–Crippen MR) is 101 cm³/mol. The van der Waals surface area contributed by atoms with Crippen LogP contribution in [0.25, 0.3) is 0 Å². The number of carbonyl (C=O) groups excluding carboxylic acids is 6. The lowest BCUT2D eigenvalue weighted by Gasteiger charge is -2.14. The number of benzene rings is 1. The molecule has 0 aliphatic carbocycles. The summed E-state index contributed by atoms with van der Waals surface area (Å²) in [7, 11) is 2.64. The molecule has 0 aliphatic rings. The molecular weight excluding hydrogens is 400 g/mol. The van der Waals surface area contributed by atoms with E-state index < -0.39 is 48.0 Å². The second-order valence-electron chi connectivity index (χ2n) is 5.81. The Bertz CT molecular complexity index is 768. The minimum Gasteiger partial charge on any atom is -0.449 e. The topological polar surface area (TPSA) is 169 Å². The second kappa shape index (κ2) is 11.1. The molecule has 12 heteroatoms. The Balaban J connectivity index is 2.67. The van der Waals surface area contributed by atoms with Crippen molar-refractivity contribution in [3.63, 3.8) is 0 Å². The number of nitrogens with one attached hydrogen (secondary N) is 4. The molecule has 12 nitrogen and oxygen atoms in total. The standard InChI is InChI=1S/C18H22N4O8/c1-9(13(23)21-17(27)19-3)29-15(25)11-5-7-12(8-6-11)16(26)30-10(2)14(24)22-18(28)20-4/h5-10H,1-4H3,(H2,19,21,23,27)(H2,20,22,24,28)/t9-,10+. The van der Waals surface area contributed by atoms with E-state index in [9.17, 15) is 28.8 Å². The van der Waals surface area contributed by atoms with Gasteiger partial charge in [0.05, 0.1) is 11.1 Å². The molecule has 0 saturated carbocycles. The van der Waals surface area contributed by atoms with Crippen LogP contribution in [-0.2, 0) is 19.1 Å². The van der Waals surface area contributed by atoms with Crippen LogP contribution >= 0.6 is 0 Å². The molecule has 0 unspecified atom stereocenters. The second-order valence-corrected chi connectivity index (χ2v) is 5.81. The number of rotatable bonds is 6. The lowest BCUT2D eigenvalue weighted by molar-refractivity contribution is -0.128. The van der Waals surface area contributed by atoms with Crippen LogP contribution < -0.4 is 21.3 Å². The number of hydrogen-bond acceptors (Lipinski definition) is 8. The van der Waals surface area contributed by atoms with Crippen LogP contribution in [0.1, 0.15) is 34.6 Å². The van der Waals surface area contributed by atoms with E-state index in [-0.39, 0.29) is 11.1 Å². The summed E-state index contributed by atoms with van der Waals surface area (Å²) in [6, 6.07) is 3.55. The first-order valence-electron chi connectivity index (χ1n) is 8.66. The highest BCUT2D eigenvalue weighted by Crippen LogP contribution is 2.10. The van der Waals surface area contributed by atoms with Gasteiger partial charge in [-0.15, -0.1) is 0 Å². The Hall–Kier alpha value is -3.96. The lowest BCUT2D eigenvalue weighted by atomic mass is 10.1. The van der Waals surface area contributed by atoms with Gasteiger partial charge in [-0.05, 0) is 38.1 Å². The zero-order chi connectivity index (χ0) is 22.8. The van der Waals surface area contributed by atoms with Gasteiger partial charge in [0.1, 0.15) is 0 Å². The third kappa shape index (κ3) is 7.22. The van der Waals surface area contributed by atoms with Crippen molar-refractivity contribution in [1.29, 1.82) is 0 Å². The molecule has 1 aromatic carbocycles. The maximum Gasteiger partial charge on any atom is 0.338 e. The van der Waals surface area contributed by atoms with Gasteiger partial charge in [-0.1, -0.05) is 0 Å². The molecule has 1 aromatic rings. The molecule has 4 N–H and O–H groups in total. The minimum absolute atomic E-state index is 0.0385. The van der Waals surface area contributed by atoms with E-state index in [0.717, 1.165) is 0 Å². The van der Waals surface area contributed by atoms with Gasteiger partial charge < -0.3 is 20.1 Å². The van der Waals surface area contributed by atoms with E-state index in [1.54, 1.807) is 0 Å². The molecule has 0 aliphatic heterocycles. The third-order valence-corrected chi connectivity index (χ3v) is 3.59. The fraction of sp³-hybridized carbons (Fsp3) is 0.333. The fourth-order valence-corrected chi connectivity index (χ4v) is 1.86. The average Bonchev–Trinajstić information content (AvgIpc) is 2.73. The SMILES string of the molecule is CNC(=O)NC(=O)[C@H](C)OC(=O)c1ccc(C(=O)O[C@H](C)C(=O)NC(=O)NC)cc1. The number of ether oxygens (including phenoxy) is 2. The Kier molecular flexibility index (Phi) is 8.94. The molecule has 0 bridgehead atoms. The molecule has 2 atom stereocenters. The summed E-state index contributed by atoms with van der Waals surface area (Å²) in [5, 5.41) is 8.31. The smallest absolute Gasteiger partial charge is 0.338 e. The fourth-order valence-electron chi connectivity index (χ4n) is 1.86. The molecule has 0 spiro atoms. The normalized spacial score (nSPS) is 11.9. The first-order chi connectivity index (χ1) is 14.1. The summed E-state index contributed by atoms with van der Waals surface area (Å²) in [5.41, 5.74) is 0.0769. The van der Waals surface area contributed by atoms with Crippen LogP contribution in [-0.4, -0.2) is 62.1 Å². The number of urea groups is 2. The van der Waals surface area contributed by atoms with Crippen LogP contribution in [0.3, 0.4) is 0 Å². The van der Waals surface area contributed by atoms with Crippen molar-refractivity contribution in [2.75, 3.05) is 14.1 Å². The Morgan fingerprint density at radius 3 is 1.23 bits per heavy atom. The monoisotopic (exact) mass is 422 g/mol. The van der Waals surface area contributed by atoms with Crippen molar-refractivity contribution in [2.45, 2.75) is 26.1 Å². The quantitative estimate of drug-likeness (QED) is 0.452. The molecule has 0 saturated heterocycles. The molecule has 30 heavy (non-hydrogen) atoms. The van der Waals surface area contributed by atoms with Crippen molar-refractivity contribution < 1.29 is 38.2 Å². The summed E-state index contributed by atoms with van der Waals surface area (Å²) >= 11 is 0. The maximum absolute atomic E-state index is 12.1. The van der Waals surface area contributed by atoms with Crippen LogP contribution in [0.5, 0.6) is 0 Å². The van der Waals surface area contributed by atoms with Gasteiger partial charge in [0, 0.05) is 14.1 Å². The summed E-state index contributed by atoms with van der Waals surface area (Å²) in [4.78, 5) is 69.8. The van der Waals surface area contributed by atoms with Crippen molar-refractivity contribution in [3.05, 3.63) is 35.4 Å². The van der Waals surface area contributed by atoms with Gasteiger partial charge in [-0.25, -0.2) is 19.2 Å². The molecule has 0 radical (unpaired) electrons. The average molecular weight is 422 g/mol. The molecular formula is C18H22N4O8. The molecule has 0 heterocycles. The van der Waals surface area contributed by atoms with E-state index >= 15 is 0 Å². The zero-order valence-electron chi connectivity index (χ0n) is 16.7. The predicted octanol–water partition coefficient (Wildman–Crippen LogP) is -0.312. The highest BCUT2D eigenvalue weighted by molar-refractivity contribution is 6.00. The van der Waals surface area contributed by atoms with E-state index in [4.69, 9.17) is 9.47 Å². The first-order valence-corrected chi connectivity index (χ1v) is 8.66. The number of imide groups is 2. The highest BCUT2D eigenvalue weighted by Gasteiger charge is 2.22. The van der Waals surface area contributed by atoms with Gasteiger partial charge in [0.25, 0.3) is 11.8 Å². The molecule has 0 aromatic heterocycles. The molecule has 0 fully saturated rings. The summed E-state index contributed by atoms with van der Waals surface area (Å²) in [6.07, 6.45) is -2.47. The Morgan fingerprint density at radius 2 is 0.967 bits per heavy atom. The van der Waals surface area contributed by atoms with Gasteiger partial charge in [-0.3, -0.25) is 20.2 Å². The number of esters is 2. The third-order valence-electron chi connectivity index (χ3n) is 3.59.